The summed E-state index contributed by atoms with van der Waals surface area (Å²) in [7, 11) is -3.80. The van der Waals surface area contributed by atoms with Crippen LogP contribution >= 0.6 is 0 Å². The maximum atomic E-state index is 13.1. The van der Waals surface area contributed by atoms with Gasteiger partial charge in [0.25, 0.3) is 10.0 Å². The number of hydrogen-bond donors (Lipinski definition) is 2. The molecule has 0 radical (unpaired) electrons. The summed E-state index contributed by atoms with van der Waals surface area (Å²) in [5, 5.41) is 10.7. The zero-order valence-corrected chi connectivity index (χ0v) is 19.8. The Balaban J connectivity index is 2.02. The molecule has 0 aliphatic carbocycles. The van der Waals surface area contributed by atoms with Crippen LogP contribution in [0.25, 0.3) is 10.8 Å². The third kappa shape index (κ3) is 5.47. The quantitative estimate of drug-likeness (QED) is 0.432. The van der Waals surface area contributed by atoms with Crippen LogP contribution in [0.3, 0.4) is 0 Å². The highest BCUT2D eigenvalue weighted by molar-refractivity contribution is 7.92. The minimum atomic E-state index is -3.80. The van der Waals surface area contributed by atoms with E-state index in [1.165, 1.54) is 0 Å². The van der Waals surface area contributed by atoms with Crippen LogP contribution in [0.15, 0.2) is 65.6 Å². The number of nitrogens with zero attached hydrogens (tertiary/aromatic N) is 1. The van der Waals surface area contributed by atoms with Crippen molar-refractivity contribution in [2.45, 2.75) is 44.0 Å². The maximum absolute atomic E-state index is 13.1. The first-order chi connectivity index (χ1) is 15.6. The van der Waals surface area contributed by atoms with Crippen LogP contribution in [0, 0.1) is 12.3 Å². The summed E-state index contributed by atoms with van der Waals surface area (Å²) in [6.07, 6.45) is 5.48. The fourth-order valence-corrected chi connectivity index (χ4v) is 4.88. The smallest absolute Gasteiger partial charge is 0.305 e. The molecule has 0 saturated heterocycles. The summed E-state index contributed by atoms with van der Waals surface area (Å²) < 4.78 is 28.8. The fourth-order valence-electron chi connectivity index (χ4n) is 3.80. The number of carboxylic acid groups (broad SMARTS) is 1. The zero-order valence-electron chi connectivity index (χ0n) is 18.9. The van der Waals surface area contributed by atoms with Crippen LogP contribution in [0.4, 0.5) is 11.4 Å². The van der Waals surface area contributed by atoms with Gasteiger partial charge >= 0.3 is 5.97 Å². The average Bonchev–Trinajstić information content (AvgIpc) is 2.77. The zero-order chi connectivity index (χ0) is 24.2. The normalized spacial score (nSPS) is 12.3. The third-order valence-corrected chi connectivity index (χ3v) is 6.96. The second kappa shape index (κ2) is 9.97. The molecule has 6 nitrogen and oxygen atoms in total. The summed E-state index contributed by atoms with van der Waals surface area (Å²) in [5.74, 6) is 1.98. The Morgan fingerprint density at radius 3 is 2.24 bits per heavy atom. The number of carbonyl (C=O) groups is 1. The van der Waals surface area contributed by atoms with Crippen molar-refractivity contribution in [3.8, 4) is 12.3 Å². The van der Waals surface area contributed by atoms with Crippen LogP contribution in [-0.2, 0) is 14.8 Å². The van der Waals surface area contributed by atoms with Crippen molar-refractivity contribution >= 4 is 38.1 Å². The summed E-state index contributed by atoms with van der Waals surface area (Å²) in [6.45, 7) is 6.13. The first-order valence-electron chi connectivity index (χ1n) is 10.7. The molecular weight excluding hydrogens is 436 g/mol. The van der Waals surface area contributed by atoms with Gasteiger partial charge in [-0.3, -0.25) is 9.52 Å². The lowest BCUT2D eigenvalue weighted by Crippen LogP contribution is -2.35. The Morgan fingerprint density at radius 1 is 1.03 bits per heavy atom. The van der Waals surface area contributed by atoms with E-state index in [1.807, 2.05) is 41.3 Å². The van der Waals surface area contributed by atoms with E-state index in [4.69, 9.17) is 6.42 Å². The summed E-state index contributed by atoms with van der Waals surface area (Å²) in [6, 6.07) is 17.4. The molecule has 0 aliphatic rings. The first kappa shape index (κ1) is 24.1. The van der Waals surface area contributed by atoms with E-state index in [0.29, 0.717) is 17.0 Å². The van der Waals surface area contributed by atoms with E-state index in [2.05, 4.69) is 24.5 Å². The van der Waals surface area contributed by atoms with E-state index in [1.54, 1.807) is 31.2 Å². The first-order valence-corrected chi connectivity index (χ1v) is 12.2. The van der Waals surface area contributed by atoms with Crippen molar-refractivity contribution in [2.75, 3.05) is 16.2 Å². The standard InChI is InChI=1S/C26H28N2O4S/c1-5-16-28(19(4)17-26(29)30)25-15-14-24(22-8-6-7-9-23(22)25)27-33(31,32)21-12-10-20(11-13-21)18(2)3/h1,6-15,18-19,27H,16-17H2,2-4H3,(H,29,30)/t19-/m0/s1. The van der Waals surface area contributed by atoms with Crippen molar-refractivity contribution in [2.24, 2.45) is 0 Å². The predicted octanol–water partition coefficient (Wildman–Crippen LogP) is 5.07. The minimum Gasteiger partial charge on any atom is -0.481 e. The molecule has 7 heteroatoms. The molecule has 0 heterocycles. The molecule has 33 heavy (non-hydrogen) atoms. The van der Waals surface area contributed by atoms with E-state index >= 15 is 0 Å². The van der Waals surface area contributed by atoms with Gasteiger partial charge in [-0.2, -0.15) is 0 Å². The lowest BCUT2D eigenvalue weighted by Gasteiger charge is -2.30. The summed E-state index contributed by atoms with van der Waals surface area (Å²) in [4.78, 5) is 13.3. The van der Waals surface area contributed by atoms with Gasteiger partial charge in [0.05, 0.1) is 23.5 Å². The van der Waals surface area contributed by atoms with Crippen molar-refractivity contribution in [3.05, 3.63) is 66.2 Å². The van der Waals surface area contributed by atoms with Crippen LogP contribution in [-0.4, -0.2) is 32.1 Å². The minimum absolute atomic E-state index is 0.0727. The van der Waals surface area contributed by atoms with Crippen LogP contribution < -0.4 is 9.62 Å². The van der Waals surface area contributed by atoms with Crippen molar-refractivity contribution < 1.29 is 18.3 Å². The van der Waals surface area contributed by atoms with Gasteiger partial charge in [0.2, 0.25) is 0 Å². The average molecular weight is 465 g/mol. The molecule has 3 aromatic rings. The van der Waals surface area contributed by atoms with Crippen LogP contribution in [0.2, 0.25) is 0 Å². The molecule has 0 saturated carbocycles. The maximum Gasteiger partial charge on any atom is 0.305 e. The van der Waals surface area contributed by atoms with Crippen molar-refractivity contribution in [3.63, 3.8) is 0 Å². The Morgan fingerprint density at radius 2 is 1.67 bits per heavy atom. The van der Waals surface area contributed by atoms with Gasteiger partial charge in [0.15, 0.2) is 0 Å². The fraction of sp³-hybridized carbons (Fsp3) is 0.269. The van der Waals surface area contributed by atoms with Gasteiger partial charge in [-0.15, -0.1) is 6.42 Å². The highest BCUT2D eigenvalue weighted by Crippen LogP contribution is 2.34. The number of fused-ring (bicyclic) bond motifs is 1. The van der Waals surface area contributed by atoms with Gasteiger partial charge < -0.3 is 10.0 Å². The third-order valence-electron chi connectivity index (χ3n) is 5.58. The Hall–Kier alpha value is -3.50. The lowest BCUT2D eigenvalue weighted by atomic mass is 10.0. The molecule has 0 spiro atoms. The van der Waals surface area contributed by atoms with Gasteiger partial charge in [0.1, 0.15) is 0 Å². The SMILES string of the molecule is C#CCN(c1ccc(NS(=O)(=O)c2ccc(C(C)C)cc2)c2ccccc12)[C@@H](C)CC(=O)O. The number of hydrogen-bond acceptors (Lipinski definition) is 4. The van der Waals surface area contributed by atoms with Gasteiger partial charge in [-0.1, -0.05) is 56.2 Å². The molecule has 0 aromatic heterocycles. The molecule has 3 aromatic carbocycles. The molecule has 3 rings (SSSR count). The number of nitrogens with one attached hydrogen (secondary N) is 1. The summed E-state index contributed by atoms with van der Waals surface area (Å²) >= 11 is 0. The van der Waals surface area contributed by atoms with E-state index in [-0.39, 0.29) is 23.9 Å². The highest BCUT2D eigenvalue weighted by atomic mass is 32.2. The second-order valence-electron chi connectivity index (χ2n) is 8.29. The largest absolute Gasteiger partial charge is 0.481 e. The van der Waals surface area contributed by atoms with Crippen LogP contribution in [0.1, 0.15) is 38.7 Å². The molecule has 1 atom stereocenters. The number of sulfonamides is 1. The van der Waals surface area contributed by atoms with Crippen molar-refractivity contribution in [1.82, 2.24) is 0 Å². The Labute approximate surface area is 195 Å². The van der Waals surface area contributed by atoms with Crippen LogP contribution in [0.5, 0.6) is 0 Å². The second-order valence-corrected chi connectivity index (χ2v) is 9.97. The molecule has 0 bridgehead atoms. The number of rotatable bonds is 9. The predicted molar refractivity (Wildman–Crippen MR) is 133 cm³/mol. The van der Waals surface area contributed by atoms with E-state index in [0.717, 1.165) is 16.6 Å². The van der Waals surface area contributed by atoms with Gasteiger partial charge in [-0.05, 0) is 42.7 Å². The monoisotopic (exact) mass is 464 g/mol. The molecule has 0 unspecified atom stereocenters. The topological polar surface area (TPSA) is 86.7 Å². The molecule has 2 N–H and O–H groups in total. The number of terminal acetylenes is 1. The van der Waals surface area contributed by atoms with E-state index in [9.17, 15) is 18.3 Å². The number of aliphatic carboxylic acids is 1. The lowest BCUT2D eigenvalue weighted by molar-refractivity contribution is -0.137. The molecule has 0 amide bonds. The Bertz CT molecular complexity index is 1290. The van der Waals surface area contributed by atoms with E-state index < -0.39 is 16.0 Å². The molecule has 0 aliphatic heterocycles. The number of carboxylic acids is 1. The van der Waals surface area contributed by atoms with Crippen molar-refractivity contribution in [1.29, 1.82) is 0 Å². The Kier molecular flexibility index (Phi) is 7.29. The van der Waals surface area contributed by atoms with Gasteiger partial charge in [0, 0.05) is 22.5 Å². The molecule has 172 valence electrons. The molecular formula is C26H28N2O4S. The summed E-state index contributed by atoms with van der Waals surface area (Å²) in [5.41, 5.74) is 2.25. The molecule has 0 fully saturated rings. The number of anilines is 2. The highest BCUT2D eigenvalue weighted by Gasteiger charge is 2.21. The van der Waals surface area contributed by atoms with Gasteiger partial charge in [-0.25, -0.2) is 8.42 Å². The number of benzene rings is 3.